The van der Waals surface area contributed by atoms with Gasteiger partial charge in [-0.15, -0.1) is 0 Å². The molecule has 9 nitrogen and oxygen atoms in total. The van der Waals surface area contributed by atoms with Gasteiger partial charge in [-0.2, -0.15) is 0 Å². The minimum Gasteiger partial charge on any atom is -0.477 e. The first-order chi connectivity index (χ1) is 12.5. The number of amides is 2. The Labute approximate surface area is 148 Å². The Bertz CT molecular complexity index is 970. The van der Waals surface area contributed by atoms with Crippen molar-refractivity contribution >= 4 is 29.2 Å². The van der Waals surface area contributed by atoms with E-state index in [1.54, 1.807) is 25.4 Å². The van der Waals surface area contributed by atoms with Crippen LogP contribution in [0, 0.1) is 0 Å². The highest BCUT2D eigenvalue weighted by atomic mass is 16.4. The number of anilines is 3. The van der Waals surface area contributed by atoms with Crippen molar-refractivity contribution in [3.8, 4) is 0 Å². The van der Waals surface area contributed by atoms with E-state index in [4.69, 9.17) is 0 Å². The molecule has 4 heterocycles. The van der Waals surface area contributed by atoms with Crippen LogP contribution in [0.3, 0.4) is 0 Å². The van der Waals surface area contributed by atoms with Crippen LogP contribution in [0.4, 0.5) is 22.0 Å². The number of rotatable bonds is 2. The molecule has 0 radical (unpaired) electrons. The molecule has 4 rings (SSSR count). The first kappa shape index (κ1) is 16.1. The average molecular weight is 355 g/mol. The van der Waals surface area contributed by atoms with Crippen LogP contribution in [0.1, 0.15) is 16.9 Å². The monoisotopic (exact) mass is 355 g/mol. The number of pyridine rings is 2. The summed E-state index contributed by atoms with van der Waals surface area (Å²) in [6, 6.07) is 5.70. The summed E-state index contributed by atoms with van der Waals surface area (Å²) in [5, 5.41) is 11.9. The molecule has 2 aliphatic rings. The lowest BCUT2D eigenvalue weighted by molar-refractivity contribution is 0.0690. The predicted molar refractivity (Wildman–Crippen MR) is 95.0 cm³/mol. The summed E-state index contributed by atoms with van der Waals surface area (Å²) in [5.41, 5.74) is 0.439. The van der Waals surface area contributed by atoms with Crippen molar-refractivity contribution < 1.29 is 14.7 Å². The number of aromatic carboxylic acids is 1. The first-order valence-electron chi connectivity index (χ1n) is 8.21. The molecule has 2 aromatic rings. The highest BCUT2D eigenvalue weighted by molar-refractivity contribution is 6.05. The van der Waals surface area contributed by atoms with Crippen molar-refractivity contribution in [2.24, 2.45) is 7.05 Å². The zero-order chi connectivity index (χ0) is 18.4. The molecule has 26 heavy (non-hydrogen) atoms. The highest BCUT2D eigenvalue weighted by Crippen LogP contribution is 2.39. The van der Waals surface area contributed by atoms with E-state index < -0.39 is 12.0 Å². The summed E-state index contributed by atoms with van der Waals surface area (Å²) in [7, 11) is 1.60. The summed E-state index contributed by atoms with van der Waals surface area (Å²) >= 11 is 0. The number of nitrogens with zero attached hydrogens (tertiary/aromatic N) is 4. The van der Waals surface area contributed by atoms with Gasteiger partial charge in [0.05, 0.1) is 11.7 Å². The third-order valence-corrected chi connectivity index (χ3v) is 4.75. The molecule has 0 spiro atoms. The molecule has 134 valence electrons. The maximum atomic E-state index is 12.9. The second-order valence-electron chi connectivity index (χ2n) is 6.37. The summed E-state index contributed by atoms with van der Waals surface area (Å²) in [6.07, 6.45) is 2.35. The van der Waals surface area contributed by atoms with Gasteiger partial charge in [0.2, 0.25) is 0 Å². The fourth-order valence-corrected chi connectivity index (χ4v) is 3.46. The zero-order valence-electron chi connectivity index (χ0n) is 14.0. The predicted octanol–water partition coefficient (Wildman–Crippen LogP) is 1.11. The van der Waals surface area contributed by atoms with Crippen LogP contribution < -0.4 is 20.7 Å². The van der Waals surface area contributed by atoms with E-state index in [1.807, 2.05) is 0 Å². The summed E-state index contributed by atoms with van der Waals surface area (Å²) in [4.78, 5) is 44.1. The van der Waals surface area contributed by atoms with Gasteiger partial charge in [-0.05, 0) is 30.7 Å². The van der Waals surface area contributed by atoms with Crippen molar-refractivity contribution in [3.63, 3.8) is 0 Å². The number of hydrogen-bond donors (Lipinski definition) is 2. The maximum Gasteiger partial charge on any atom is 0.354 e. The molecule has 1 atom stereocenters. The van der Waals surface area contributed by atoms with Crippen LogP contribution in [0.25, 0.3) is 0 Å². The Morgan fingerprint density at radius 2 is 2.12 bits per heavy atom. The minimum absolute atomic E-state index is 0.119. The maximum absolute atomic E-state index is 12.9. The molecular formula is C17H17N5O4. The lowest BCUT2D eigenvalue weighted by atomic mass is 10.2. The van der Waals surface area contributed by atoms with E-state index >= 15 is 0 Å². The number of carbonyl (C=O) groups excluding carboxylic acids is 1. The average Bonchev–Trinajstić information content (AvgIpc) is 3.03. The number of aromatic nitrogens is 2. The van der Waals surface area contributed by atoms with Gasteiger partial charge in [0, 0.05) is 26.3 Å². The van der Waals surface area contributed by atoms with E-state index in [9.17, 15) is 19.5 Å². The number of urea groups is 1. The van der Waals surface area contributed by atoms with Crippen molar-refractivity contribution in [1.29, 1.82) is 0 Å². The quantitative estimate of drug-likeness (QED) is 0.835. The van der Waals surface area contributed by atoms with E-state index in [0.29, 0.717) is 12.4 Å². The van der Waals surface area contributed by atoms with Gasteiger partial charge in [-0.3, -0.25) is 9.69 Å². The Balaban J connectivity index is 1.73. The smallest absolute Gasteiger partial charge is 0.354 e. The molecule has 1 unspecified atom stereocenters. The Hall–Kier alpha value is -3.36. The van der Waals surface area contributed by atoms with E-state index in [2.05, 4.69) is 15.2 Å². The van der Waals surface area contributed by atoms with Gasteiger partial charge in [0.15, 0.2) is 11.5 Å². The molecule has 1 fully saturated rings. The topological polar surface area (TPSA) is 108 Å². The SMILES string of the molecule is Cn1cccc(NC(=O)N2c3nc(C(=O)O)ccc3N3CCC2C3)c1=O. The molecule has 2 bridgehead atoms. The van der Waals surface area contributed by atoms with Gasteiger partial charge in [0.25, 0.3) is 5.56 Å². The highest BCUT2D eigenvalue weighted by Gasteiger charge is 2.40. The van der Waals surface area contributed by atoms with E-state index in [-0.39, 0.29) is 23.0 Å². The number of carbonyl (C=O) groups is 2. The van der Waals surface area contributed by atoms with Crippen LogP contribution >= 0.6 is 0 Å². The van der Waals surface area contributed by atoms with Gasteiger partial charge < -0.3 is 19.9 Å². The molecule has 2 N–H and O–H groups in total. The fraction of sp³-hybridized carbons (Fsp3) is 0.294. The Morgan fingerprint density at radius 1 is 1.31 bits per heavy atom. The van der Waals surface area contributed by atoms with Crippen LogP contribution in [0.15, 0.2) is 35.3 Å². The minimum atomic E-state index is -1.15. The van der Waals surface area contributed by atoms with Crippen LogP contribution in [0.2, 0.25) is 0 Å². The molecule has 2 aromatic heterocycles. The normalized spacial score (nSPS) is 17.8. The molecule has 0 saturated carbocycles. The Kier molecular flexibility index (Phi) is 3.64. The van der Waals surface area contributed by atoms with Crippen molar-refractivity contribution in [2.75, 3.05) is 28.2 Å². The number of fused-ring (bicyclic) bond motifs is 4. The van der Waals surface area contributed by atoms with Gasteiger partial charge >= 0.3 is 12.0 Å². The largest absolute Gasteiger partial charge is 0.477 e. The number of nitrogens with one attached hydrogen (secondary N) is 1. The molecule has 0 aliphatic carbocycles. The van der Waals surface area contributed by atoms with Crippen LogP contribution in [-0.4, -0.2) is 45.8 Å². The number of hydrogen-bond acceptors (Lipinski definition) is 5. The molecule has 9 heteroatoms. The van der Waals surface area contributed by atoms with Gasteiger partial charge in [-0.25, -0.2) is 14.6 Å². The fourth-order valence-electron chi connectivity index (χ4n) is 3.46. The van der Waals surface area contributed by atoms with Crippen LogP contribution in [0.5, 0.6) is 0 Å². The number of aryl methyl sites for hydroxylation is 1. The molecule has 1 saturated heterocycles. The van der Waals surface area contributed by atoms with Crippen LogP contribution in [-0.2, 0) is 7.05 Å². The van der Waals surface area contributed by atoms with Gasteiger partial charge in [0.1, 0.15) is 5.69 Å². The number of carboxylic acids is 1. The first-order valence-corrected chi connectivity index (χ1v) is 8.21. The van der Waals surface area contributed by atoms with Crippen molar-refractivity contribution in [3.05, 3.63) is 46.5 Å². The second kappa shape index (κ2) is 5.87. The zero-order valence-corrected chi connectivity index (χ0v) is 14.0. The van der Waals surface area contributed by atoms with E-state index in [1.165, 1.54) is 21.6 Å². The molecule has 2 aliphatic heterocycles. The molecular weight excluding hydrogens is 338 g/mol. The summed E-state index contributed by atoms with van der Waals surface area (Å²) in [5.74, 6) is -0.845. The standard InChI is InChI=1S/C17H17N5O4/c1-20-7-2-3-11(15(20)23)19-17(26)22-10-6-8-21(9-10)13-5-4-12(16(24)25)18-14(13)22/h2-5,7,10H,6,8-9H2,1H3,(H,19,26)(H,24,25). The number of carboxylic acid groups (broad SMARTS) is 1. The lowest BCUT2D eigenvalue weighted by Crippen LogP contribution is -2.49. The second-order valence-corrected chi connectivity index (χ2v) is 6.37. The van der Waals surface area contributed by atoms with Gasteiger partial charge in [-0.1, -0.05) is 0 Å². The third kappa shape index (κ3) is 2.48. The summed E-state index contributed by atoms with van der Waals surface area (Å²) < 4.78 is 1.37. The van der Waals surface area contributed by atoms with Crippen molar-refractivity contribution in [2.45, 2.75) is 12.5 Å². The molecule has 0 aromatic carbocycles. The van der Waals surface area contributed by atoms with E-state index in [0.717, 1.165) is 18.7 Å². The van der Waals surface area contributed by atoms with Crippen molar-refractivity contribution in [1.82, 2.24) is 9.55 Å². The Morgan fingerprint density at radius 3 is 2.88 bits per heavy atom. The summed E-state index contributed by atoms with van der Waals surface area (Å²) in [6.45, 7) is 1.42. The lowest BCUT2D eigenvalue weighted by Gasteiger charge is -2.35. The third-order valence-electron chi connectivity index (χ3n) is 4.75. The molecule has 2 amide bonds.